The van der Waals surface area contributed by atoms with Crippen LogP contribution in [0.5, 0.6) is 0 Å². The average molecular weight is 354 g/mol. The highest BCUT2D eigenvalue weighted by Gasteiger charge is 2.21. The van der Waals surface area contributed by atoms with Gasteiger partial charge in [-0.25, -0.2) is 0 Å². The van der Waals surface area contributed by atoms with E-state index in [9.17, 15) is 10.1 Å². The van der Waals surface area contributed by atoms with E-state index in [0.29, 0.717) is 16.4 Å². The van der Waals surface area contributed by atoms with Crippen molar-refractivity contribution in [2.24, 2.45) is 0 Å². The van der Waals surface area contributed by atoms with Gasteiger partial charge in [0.05, 0.1) is 0 Å². The Labute approximate surface area is 153 Å². The second-order valence-corrected chi connectivity index (χ2v) is 7.00. The first-order valence-corrected chi connectivity index (χ1v) is 8.23. The molecule has 128 valence electrons. The fourth-order valence-corrected chi connectivity index (χ4v) is 2.29. The average Bonchev–Trinajstić information content (AvgIpc) is 2.57. The zero-order chi connectivity index (χ0) is 18.4. The number of carbonyl (C=O) groups is 1. The van der Waals surface area contributed by atoms with E-state index in [1.165, 1.54) is 0 Å². The van der Waals surface area contributed by atoms with E-state index in [4.69, 9.17) is 11.6 Å². The van der Waals surface area contributed by atoms with Crippen molar-refractivity contribution in [2.45, 2.75) is 26.3 Å². The van der Waals surface area contributed by atoms with Gasteiger partial charge >= 0.3 is 0 Å². The lowest BCUT2D eigenvalue weighted by Gasteiger charge is -2.26. The number of hydrogen-bond donors (Lipinski definition) is 2. The van der Waals surface area contributed by atoms with Gasteiger partial charge in [0.1, 0.15) is 17.5 Å². The van der Waals surface area contributed by atoms with Crippen molar-refractivity contribution >= 4 is 23.1 Å². The lowest BCUT2D eigenvalue weighted by atomic mass is 10.0. The van der Waals surface area contributed by atoms with Gasteiger partial charge in [-0.3, -0.25) is 4.79 Å². The van der Waals surface area contributed by atoms with Crippen LogP contribution < -0.4 is 10.6 Å². The number of anilines is 1. The Kier molecular flexibility index (Phi) is 5.84. The quantitative estimate of drug-likeness (QED) is 0.462. The first-order valence-electron chi connectivity index (χ1n) is 7.85. The van der Waals surface area contributed by atoms with Gasteiger partial charge in [-0.1, -0.05) is 41.9 Å². The number of nitrogens with zero attached hydrogens (tertiary/aromatic N) is 1. The van der Waals surface area contributed by atoms with E-state index < -0.39 is 0 Å². The van der Waals surface area contributed by atoms with Crippen LogP contribution in [0.2, 0.25) is 5.02 Å². The Morgan fingerprint density at radius 2 is 1.64 bits per heavy atom. The molecule has 0 bridgehead atoms. The number of carbonyl (C=O) groups excluding carboxylic acids is 1. The molecule has 0 saturated carbocycles. The highest BCUT2D eigenvalue weighted by molar-refractivity contribution is 6.30. The summed E-state index contributed by atoms with van der Waals surface area (Å²) in [6.07, 6.45) is 0. The summed E-state index contributed by atoms with van der Waals surface area (Å²) >= 11 is 5.91. The van der Waals surface area contributed by atoms with Crippen LogP contribution in [0.15, 0.2) is 66.0 Å². The fourth-order valence-electron chi connectivity index (χ4n) is 2.16. The van der Waals surface area contributed by atoms with Crippen LogP contribution in [0.4, 0.5) is 5.69 Å². The summed E-state index contributed by atoms with van der Waals surface area (Å²) in [5.74, 6) is 0.0301. The van der Waals surface area contributed by atoms with Crippen molar-refractivity contribution in [3.05, 3.63) is 76.6 Å². The standard InChI is InChI=1S/C20H20ClN3O/c1-20(2,3)24-19(23-16-11-9-15(21)10-12-16)17(13-22)18(25)14-7-5-4-6-8-14/h4-12,23-24H,1-3H3. The molecule has 2 aromatic rings. The van der Waals surface area contributed by atoms with Gasteiger partial charge in [0.2, 0.25) is 5.78 Å². The molecule has 0 saturated heterocycles. The van der Waals surface area contributed by atoms with Crippen molar-refractivity contribution in [2.75, 3.05) is 5.32 Å². The van der Waals surface area contributed by atoms with Crippen LogP contribution in [-0.4, -0.2) is 11.3 Å². The first-order chi connectivity index (χ1) is 11.8. The second kappa shape index (κ2) is 7.87. The van der Waals surface area contributed by atoms with Crippen LogP contribution in [0.3, 0.4) is 0 Å². The molecule has 0 aliphatic heterocycles. The largest absolute Gasteiger partial charge is 0.366 e. The van der Waals surface area contributed by atoms with Crippen LogP contribution in [0, 0.1) is 11.3 Å². The molecule has 0 spiro atoms. The molecule has 25 heavy (non-hydrogen) atoms. The maximum Gasteiger partial charge on any atom is 0.207 e. The Morgan fingerprint density at radius 1 is 1.04 bits per heavy atom. The zero-order valence-electron chi connectivity index (χ0n) is 14.4. The maximum absolute atomic E-state index is 12.8. The zero-order valence-corrected chi connectivity index (χ0v) is 15.2. The van der Waals surface area contributed by atoms with Crippen molar-refractivity contribution in [1.82, 2.24) is 5.32 Å². The van der Waals surface area contributed by atoms with Gasteiger partial charge in [-0.15, -0.1) is 0 Å². The van der Waals surface area contributed by atoms with Crippen LogP contribution >= 0.6 is 11.6 Å². The molecule has 2 N–H and O–H groups in total. The minimum Gasteiger partial charge on any atom is -0.366 e. The topological polar surface area (TPSA) is 64.9 Å². The predicted octanol–water partition coefficient (Wildman–Crippen LogP) is 4.76. The van der Waals surface area contributed by atoms with Gasteiger partial charge in [-0.2, -0.15) is 5.26 Å². The number of nitrogens with one attached hydrogen (secondary N) is 2. The molecule has 2 aromatic carbocycles. The molecule has 0 amide bonds. The first kappa shape index (κ1) is 18.6. The Bertz CT molecular complexity index is 813. The number of benzene rings is 2. The van der Waals surface area contributed by atoms with Crippen molar-refractivity contribution < 1.29 is 4.79 Å². The molecule has 5 heteroatoms. The molecule has 0 aliphatic carbocycles. The highest BCUT2D eigenvalue weighted by Crippen LogP contribution is 2.19. The third kappa shape index (κ3) is 5.37. The summed E-state index contributed by atoms with van der Waals surface area (Å²) in [4.78, 5) is 12.8. The molecular formula is C20H20ClN3O. The number of nitriles is 1. The molecule has 4 nitrogen and oxygen atoms in total. The number of allylic oxidation sites excluding steroid dienone is 1. The Balaban J connectivity index is 2.46. The van der Waals surface area contributed by atoms with Gasteiger partial charge in [0.15, 0.2) is 0 Å². The highest BCUT2D eigenvalue weighted by atomic mass is 35.5. The summed E-state index contributed by atoms with van der Waals surface area (Å²) in [7, 11) is 0. The van der Waals surface area contributed by atoms with E-state index in [-0.39, 0.29) is 16.9 Å². The summed E-state index contributed by atoms with van der Waals surface area (Å²) in [5, 5.41) is 16.6. The molecule has 0 heterocycles. The normalized spacial score (nSPS) is 12.0. The third-order valence-electron chi connectivity index (χ3n) is 3.24. The van der Waals surface area contributed by atoms with Crippen molar-refractivity contribution in [1.29, 1.82) is 5.26 Å². The second-order valence-electron chi connectivity index (χ2n) is 6.56. The molecule has 0 atom stereocenters. The summed E-state index contributed by atoms with van der Waals surface area (Å²) in [6.45, 7) is 5.87. The van der Waals surface area contributed by atoms with E-state index >= 15 is 0 Å². The smallest absolute Gasteiger partial charge is 0.207 e. The molecular weight excluding hydrogens is 334 g/mol. The molecule has 0 aromatic heterocycles. The predicted molar refractivity (Wildman–Crippen MR) is 101 cm³/mol. The lowest BCUT2D eigenvalue weighted by molar-refractivity contribution is 0.103. The molecule has 0 unspecified atom stereocenters. The van der Waals surface area contributed by atoms with Gasteiger partial charge < -0.3 is 10.6 Å². The number of ketones is 1. The third-order valence-corrected chi connectivity index (χ3v) is 3.49. The van der Waals surface area contributed by atoms with Gasteiger partial charge in [0, 0.05) is 21.8 Å². The van der Waals surface area contributed by atoms with E-state index in [0.717, 1.165) is 5.69 Å². The van der Waals surface area contributed by atoms with Crippen LogP contribution in [-0.2, 0) is 0 Å². The van der Waals surface area contributed by atoms with Crippen molar-refractivity contribution in [3.63, 3.8) is 0 Å². The molecule has 0 fully saturated rings. The lowest BCUT2D eigenvalue weighted by Crippen LogP contribution is -2.39. The van der Waals surface area contributed by atoms with Crippen molar-refractivity contribution in [3.8, 4) is 6.07 Å². The Hall–Kier alpha value is -2.77. The SMILES string of the molecule is CC(C)(C)NC(Nc1ccc(Cl)cc1)=C(C#N)C(=O)c1ccccc1. The molecule has 0 aliphatic rings. The van der Waals surface area contributed by atoms with E-state index in [1.807, 2.05) is 32.9 Å². The summed E-state index contributed by atoms with van der Waals surface area (Å²) < 4.78 is 0. The number of hydrogen-bond acceptors (Lipinski definition) is 4. The number of Topliss-reactive ketones (excluding diaryl/α,β-unsaturated/α-hetero) is 1. The summed E-state index contributed by atoms with van der Waals surface area (Å²) in [5.41, 5.74) is 0.874. The number of rotatable bonds is 5. The van der Waals surface area contributed by atoms with Crippen LogP contribution in [0.25, 0.3) is 0 Å². The summed E-state index contributed by atoms with van der Waals surface area (Å²) in [6, 6.07) is 17.8. The van der Waals surface area contributed by atoms with E-state index in [2.05, 4.69) is 10.6 Å². The minimum absolute atomic E-state index is 0.0241. The molecule has 0 radical (unpaired) electrons. The van der Waals surface area contributed by atoms with E-state index in [1.54, 1.807) is 48.5 Å². The number of halogens is 1. The monoisotopic (exact) mass is 353 g/mol. The molecule has 2 rings (SSSR count). The van der Waals surface area contributed by atoms with Gasteiger partial charge in [0.25, 0.3) is 0 Å². The van der Waals surface area contributed by atoms with Gasteiger partial charge in [-0.05, 0) is 45.0 Å². The minimum atomic E-state index is -0.339. The van der Waals surface area contributed by atoms with Crippen LogP contribution in [0.1, 0.15) is 31.1 Å². The Morgan fingerprint density at radius 3 is 2.16 bits per heavy atom. The maximum atomic E-state index is 12.8. The fraction of sp³-hybridized carbons (Fsp3) is 0.200.